The number of carbonyl (C=O) groups is 1. The number of hydrogen-bond acceptors (Lipinski definition) is 4. The minimum atomic E-state index is -0.0263. The average molecular weight is 344 g/mol. The number of nitrogens with zero attached hydrogens (tertiary/aromatic N) is 3. The third-order valence-electron chi connectivity index (χ3n) is 4.33. The first-order valence-electron chi connectivity index (χ1n) is 8.36. The molecule has 1 amide bonds. The molecule has 0 bridgehead atoms. The summed E-state index contributed by atoms with van der Waals surface area (Å²) in [7, 11) is 1.97. The van der Waals surface area contributed by atoms with Gasteiger partial charge in [-0.25, -0.2) is 4.98 Å². The SMILES string of the molecule is CCSCc1ccc(C(=O)N2CCNCC2c2nccn2C)cc1. The smallest absolute Gasteiger partial charge is 0.254 e. The Bertz CT molecular complexity index is 683. The van der Waals surface area contributed by atoms with Crippen molar-refractivity contribution >= 4 is 17.7 Å². The number of hydrogen-bond donors (Lipinski definition) is 1. The van der Waals surface area contributed by atoms with Crippen molar-refractivity contribution in [3.8, 4) is 0 Å². The molecule has 6 heteroatoms. The molecule has 3 rings (SSSR count). The van der Waals surface area contributed by atoms with E-state index in [0.29, 0.717) is 6.54 Å². The molecular weight excluding hydrogens is 320 g/mol. The molecule has 1 aliphatic heterocycles. The number of aromatic nitrogens is 2. The van der Waals surface area contributed by atoms with Crippen molar-refractivity contribution in [3.05, 3.63) is 53.6 Å². The number of benzene rings is 1. The largest absolute Gasteiger partial charge is 0.336 e. The van der Waals surface area contributed by atoms with Crippen LogP contribution in [0.5, 0.6) is 0 Å². The summed E-state index contributed by atoms with van der Waals surface area (Å²) in [4.78, 5) is 19.4. The lowest BCUT2D eigenvalue weighted by atomic mass is 10.1. The number of nitrogens with one attached hydrogen (secondary N) is 1. The van der Waals surface area contributed by atoms with Crippen LogP contribution in [-0.2, 0) is 12.8 Å². The Morgan fingerprint density at radius 2 is 2.17 bits per heavy atom. The molecule has 128 valence electrons. The standard InChI is InChI=1S/C18H24N4OS/c1-3-24-13-14-4-6-15(7-5-14)18(23)22-11-8-19-12-16(22)17-20-9-10-21(17)2/h4-7,9-10,16,19H,3,8,11-13H2,1-2H3. The van der Waals surface area contributed by atoms with Crippen LogP contribution >= 0.6 is 11.8 Å². The summed E-state index contributed by atoms with van der Waals surface area (Å²) < 4.78 is 1.99. The molecule has 1 saturated heterocycles. The van der Waals surface area contributed by atoms with Gasteiger partial charge in [0.25, 0.3) is 5.91 Å². The number of aryl methyl sites for hydroxylation is 1. The Kier molecular flexibility index (Phi) is 5.58. The molecule has 1 N–H and O–H groups in total. The van der Waals surface area contributed by atoms with Gasteiger partial charge in [0.1, 0.15) is 11.9 Å². The Hall–Kier alpha value is -1.79. The van der Waals surface area contributed by atoms with Crippen molar-refractivity contribution in [2.75, 3.05) is 25.4 Å². The maximum Gasteiger partial charge on any atom is 0.254 e. The topological polar surface area (TPSA) is 50.2 Å². The van der Waals surface area contributed by atoms with Gasteiger partial charge in [-0.1, -0.05) is 19.1 Å². The van der Waals surface area contributed by atoms with E-state index in [1.807, 2.05) is 46.6 Å². The zero-order chi connectivity index (χ0) is 16.9. The lowest BCUT2D eigenvalue weighted by Gasteiger charge is -2.35. The normalized spacial score (nSPS) is 17.9. The molecular formula is C18H24N4OS. The zero-order valence-corrected chi connectivity index (χ0v) is 15.1. The number of thioether (sulfide) groups is 1. The predicted molar refractivity (Wildman–Crippen MR) is 98.1 cm³/mol. The van der Waals surface area contributed by atoms with E-state index < -0.39 is 0 Å². The molecule has 0 radical (unpaired) electrons. The summed E-state index contributed by atoms with van der Waals surface area (Å²) in [5.74, 6) is 3.10. The van der Waals surface area contributed by atoms with Gasteiger partial charge in [0.05, 0.1) is 0 Å². The number of carbonyl (C=O) groups excluding carboxylic acids is 1. The van der Waals surface area contributed by atoms with E-state index in [0.717, 1.165) is 36.0 Å². The summed E-state index contributed by atoms with van der Waals surface area (Å²) in [6.07, 6.45) is 3.71. The molecule has 2 aromatic rings. The van der Waals surface area contributed by atoms with Crippen LogP contribution in [0.2, 0.25) is 0 Å². The van der Waals surface area contributed by atoms with Gasteiger partial charge < -0.3 is 14.8 Å². The predicted octanol–water partition coefficient (Wildman–Crippen LogP) is 2.46. The van der Waals surface area contributed by atoms with Crippen LogP contribution in [0.25, 0.3) is 0 Å². The molecule has 24 heavy (non-hydrogen) atoms. The molecule has 1 aliphatic rings. The van der Waals surface area contributed by atoms with Crippen LogP contribution in [0.4, 0.5) is 0 Å². The molecule has 5 nitrogen and oxygen atoms in total. The Morgan fingerprint density at radius 3 is 2.83 bits per heavy atom. The minimum Gasteiger partial charge on any atom is -0.336 e. The third-order valence-corrected chi connectivity index (χ3v) is 5.28. The number of imidazole rings is 1. The van der Waals surface area contributed by atoms with E-state index in [1.165, 1.54) is 5.56 Å². The fraction of sp³-hybridized carbons (Fsp3) is 0.444. The summed E-state index contributed by atoms with van der Waals surface area (Å²) in [5, 5.41) is 3.37. The zero-order valence-electron chi connectivity index (χ0n) is 14.2. The molecule has 2 heterocycles. The van der Waals surface area contributed by atoms with E-state index >= 15 is 0 Å². The first kappa shape index (κ1) is 17.0. The van der Waals surface area contributed by atoms with Crippen molar-refractivity contribution in [1.29, 1.82) is 0 Å². The van der Waals surface area contributed by atoms with Crippen molar-refractivity contribution in [2.45, 2.75) is 18.7 Å². The van der Waals surface area contributed by atoms with Gasteiger partial charge >= 0.3 is 0 Å². The summed E-state index contributed by atoms with van der Waals surface area (Å²) in [6.45, 7) is 4.41. The summed E-state index contributed by atoms with van der Waals surface area (Å²) in [5.41, 5.74) is 2.01. The molecule has 1 fully saturated rings. The highest BCUT2D eigenvalue weighted by atomic mass is 32.2. The van der Waals surface area contributed by atoms with E-state index in [9.17, 15) is 4.79 Å². The molecule has 1 aromatic carbocycles. The van der Waals surface area contributed by atoms with Crippen LogP contribution in [0, 0.1) is 0 Å². The Labute approximate surface area is 147 Å². The lowest BCUT2D eigenvalue weighted by molar-refractivity contribution is 0.0621. The maximum atomic E-state index is 13.0. The highest BCUT2D eigenvalue weighted by Gasteiger charge is 2.30. The summed E-state index contributed by atoms with van der Waals surface area (Å²) in [6, 6.07) is 8.00. The maximum absolute atomic E-state index is 13.0. The summed E-state index contributed by atoms with van der Waals surface area (Å²) >= 11 is 1.89. The van der Waals surface area contributed by atoms with E-state index in [4.69, 9.17) is 0 Å². The first-order chi connectivity index (χ1) is 11.7. The average Bonchev–Trinajstić information content (AvgIpc) is 3.05. The van der Waals surface area contributed by atoms with Crippen LogP contribution in [-0.4, -0.2) is 45.7 Å². The first-order valence-corrected chi connectivity index (χ1v) is 9.51. The van der Waals surface area contributed by atoms with E-state index in [2.05, 4.69) is 29.4 Å². The molecule has 1 atom stereocenters. The van der Waals surface area contributed by atoms with Gasteiger partial charge in [0.15, 0.2) is 0 Å². The van der Waals surface area contributed by atoms with Crippen LogP contribution in [0.1, 0.15) is 34.7 Å². The highest BCUT2D eigenvalue weighted by molar-refractivity contribution is 7.98. The van der Waals surface area contributed by atoms with Gasteiger partial charge in [0.2, 0.25) is 0 Å². The Balaban J connectivity index is 1.78. The van der Waals surface area contributed by atoms with Crippen LogP contribution in [0.3, 0.4) is 0 Å². The van der Waals surface area contributed by atoms with Gasteiger partial charge in [0, 0.05) is 50.4 Å². The highest BCUT2D eigenvalue weighted by Crippen LogP contribution is 2.23. The Morgan fingerprint density at radius 1 is 1.38 bits per heavy atom. The molecule has 1 unspecified atom stereocenters. The third kappa shape index (κ3) is 3.65. The van der Waals surface area contributed by atoms with Gasteiger partial charge in [-0.15, -0.1) is 0 Å². The second kappa shape index (κ2) is 7.85. The second-order valence-electron chi connectivity index (χ2n) is 5.95. The van der Waals surface area contributed by atoms with Crippen LogP contribution in [0.15, 0.2) is 36.7 Å². The van der Waals surface area contributed by atoms with Gasteiger partial charge in [-0.3, -0.25) is 4.79 Å². The van der Waals surface area contributed by atoms with Crippen LogP contribution < -0.4 is 5.32 Å². The molecule has 0 spiro atoms. The number of rotatable bonds is 5. The molecule has 0 saturated carbocycles. The quantitative estimate of drug-likeness (QED) is 0.905. The second-order valence-corrected chi connectivity index (χ2v) is 7.22. The lowest BCUT2D eigenvalue weighted by Crippen LogP contribution is -2.49. The van der Waals surface area contributed by atoms with Crippen molar-refractivity contribution in [2.24, 2.45) is 7.05 Å². The van der Waals surface area contributed by atoms with E-state index in [-0.39, 0.29) is 11.9 Å². The van der Waals surface area contributed by atoms with Crippen molar-refractivity contribution in [1.82, 2.24) is 19.8 Å². The molecule has 0 aliphatic carbocycles. The number of amides is 1. The molecule has 1 aromatic heterocycles. The minimum absolute atomic E-state index is 0.0263. The fourth-order valence-corrected chi connectivity index (χ4v) is 3.64. The van der Waals surface area contributed by atoms with Gasteiger partial charge in [-0.05, 0) is 23.4 Å². The number of piperazine rings is 1. The van der Waals surface area contributed by atoms with Crippen molar-refractivity contribution in [3.63, 3.8) is 0 Å². The monoisotopic (exact) mass is 344 g/mol. The fourth-order valence-electron chi connectivity index (χ4n) is 3.01. The van der Waals surface area contributed by atoms with E-state index in [1.54, 1.807) is 6.20 Å². The van der Waals surface area contributed by atoms with Gasteiger partial charge in [-0.2, -0.15) is 11.8 Å². The van der Waals surface area contributed by atoms with Crippen molar-refractivity contribution < 1.29 is 4.79 Å².